The van der Waals surface area contributed by atoms with Gasteiger partial charge in [0.15, 0.2) is 0 Å². The number of aromatic nitrogens is 2. The van der Waals surface area contributed by atoms with Gasteiger partial charge in [0.25, 0.3) is 0 Å². The van der Waals surface area contributed by atoms with Crippen LogP contribution in [0.5, 0.6) is 0 Å². The number of nitrogens with one attached hydrogen (secondary N) is 1. The van der Waals surface area contributed by atoms with E-state index in [9.17, 15) is 0 Å². The third kappa shape index (κ3) is 4.18. The van der Waals surface area contributed by atoms with Gasteiger partial charge in [0.1, 0.15) is 0 Å². The van der Waals surface area contributed by atoms with E-state index in [0.717, 1.165) is 6.54 Å². The lowest BCUT2D eigenvalue weighted by Gasteiger charge is -2.14. The molecule has 0 spiro atoms. The third-order valence-electron chi connectivity index (χ3n) is 4.23. The zero-order valence-corrected chi connectivity index (χ0v) is 13.7. The molecule has 0 aliphatic heterocycles. The third-order valence-corrected chi connectivity index (χ3v) is 4.23. The summed E-state index contributed by atoms with van der Waals surface area (Å²) < 4.78 is 1.92. The van der Waals surface area contributed by atoms with E-state index in [1.54, 1.807) is 0 Å². The highest BCUT2D eigenvalue weighted by molar-refractivity contribution is 5.25. The maximum atomic E-state index is 4.28. The van der Waals surface area contributed by atoms with Crippen molar-refractivity contribution >= 4 is 0 Å². The highest BCUT2D eigenvalue weighted by Gasteiger charge is 2.08. The van der Waals surface area contributed by atoms with Crippen LogP contribution < -0.4 is 5.32 Å². The van der Waals surface area contributed by atoms with E-state index < -0.39 is 0 Å². The Morgan fingerprint density at radius 1 is 1.24 bits per heavy atom. The lowest BCUT2D eigenvalue weighted by atomic mass is 10.0. The molecule has 1 aromatic carbocycles. The van der Waals surface area contributed by atoms with Gasteiger partial charge < -0.3 is 5.32 Å². The van der Waals surface area contributed by atoms with Crippen LogP contribution in [0.3, 0.4) is 0 Å². The molecule has 0 saturated heterocycles. The zero-order valence-electron chi connectivity index (χ0n) is 13.7. The second kappa shape index (κ2) is 7.41. The molecule has 0 fully saturated rings. The maximum Gasteiger partial charge on any atom is 0.0537 e. The van der Waals surface area contributed by atoms with Gasteiger partial charge in [-0.1, -0.05) is 37.6 Å². The van der Waals surface area contributed by atoms with Crippen LogP contribution in [-0.4, -0.2) is 9.78 Å². The Hall–Kier alpha value is -1.61. The fourth-order valence-electron chi connectivity index (χ4n) is 2.45. The molecule has 1 atom stereocenters. The predicted molar refractivity (Wildman–Crippen MR) is 88.3 cm³/mol. The average Bonchev–Trinajstić information content (AvgIpc) is 2.83. The molecule has 3 heteroatoms. The van der Waals surface area contributed by atoms with Crippen molar-refractivity contribution in [1.29, 1.82) is 0 Å². The number of hydrogen-bond donors (Lipinski definition) is 1. The largest absolute Gasteiger partial charge is 0.306 e. The van der Waals surface area contributed by atoms with Crippen molar-refractivity contribution < 1.29 is 0 Å². The van der Waals surface area contributed by atoms with E-state index in [1.165, 1.54) is 41.6 Å². The number of aryl methyl sites for hydroxylation is 2. The topological polar surface area (TPSA) is 29.9 Å². The molecule has 0 amide bonds. The Kier molecular flexibility index (Phi) is 5.57. The average molecular weight is 285 g/mol. The van der Waals surface area contributed by atoms with Gasteiger partial charge in [-0.2, -0.15) is 5.10 Å². The fraction of sp³-hybridized carbons (Fsp3) is 0.500. The smallest absolute Gasteiger partial charge is 0.0537 e. The standard InChI is InChI=1S/C18H27N3/c1-5-6-7-16-8-10-17(11-9-16)14(2)19-12-18-13-20-21(4)15(18)3/h8-11,13-14,19H,5-7,12H2,1-4H3. The van der Waals surface area contributed by atoms with E-state index in [0.29, 0.717) is 6.04 Å². The lowest BCUT2D eigenvalue weighted by Crippen LogP contribution is -2.18. The van der Waals surface area contributed by atoms with Crippen LogP contribution in [0.1, 0.15) is 55.1 Å². The van der Waals surface area contributed by atoms with Crippen LogP contribution in [0.15, 0.2) is 30.5 Å². The second-order valence-electron chi connectivity index (χ2n) is 5.83. The first-order valence-electron chi connectivity index (χ1n) is 7.91. The number of nitrogens with zero attached hydrogens (tertiary/aromatic N) is 2. The van der Waals surface area contributed by atoms with E-state index in [2.05, 4.69) is 55.5 Å². The molecule has 2 aromatic rings. The van der Waals surface area contributed by atoms with Crippen LogP contribution in [-0.2, 0) is 20.0 Å². The molecule has 2 rings (SSSR count). The van der Waals surface area contributed by atoms with Crippen molar-refractivity contribution in [2.45, 2.75) is 52.6 Å². The van der Waals surface area contributed by atoms with Crippen LogP contribution in [0.4, 0.5) is 0 Å². The highest BCUT2D eigenvalue weighted by atomic mass is 15.3. The van der Waals surface area contributed by atoms with E-state index in [4.69, 9.17) is 0 Å². The number of unbranched alkanes of at least 4 members (excludes halogenated alkanes) is 1. The SMILES string of the molecule is CCCCc1ccc(C(C)NCc2cnn(C)c2C)cc1. The lowest BCUT2D eigenvalue weighted by molar-refractivity contribution is 0.572. The Morgan fingerprint density at radius 3 is 2.52 bits per heavy atom. The monoisotopic (exact) mass is 285 g/mol. The van der Waals surface area contributed by atoms with Crippen molar-refractivity contribution in [2.24, 2.45) is 7.05 Å². The van der Waals surface area contributed by atoms with Gasteiger partial charge in [0.05, 0.1) is 6.20 Å². The first-order valence-corrected chi connectivity index (χ1v) is 7.91. The van der Waals surface area contributed by atoms with Gasteiger partial charge in [-0.3, -0.25) is 4.68 Å². The molecule has 0 radical (unpaired) electrons. The molecule has 3 nitrogen and oxygen atoms in total. The normalized spacial score (nSPS) is 12.6. The maximum absolute atomic E-state index is 4.28. The molecule has 114 valence electrons. The molecule has 0 saturated carbocycles. The Balaban J connectivity index is 1.90. The summed E-state index contributed by atoms with van der Waals surface area (Å²) in [5, 5.41) is 7.86. The fourth-order valence-corrected chi connectivity index (χ4v) is 2.45. The van der Waals surface area contributed by atoms with E-state index in [1.807, 2.05) is 17.9 Å². The molecular formula is C18H27N3. The second-order valence-corrected chi connectivity index (χ2v) is 5.83. The molecule has 0 aliphatic carbocycles. The summed E-state index contributed by atoms with van der Waals surface area (Å²) in [5.74, 6) is 0. The number of rotatable bonds is 7. The summed E-state index contributed by atoms with van der Waals surface area (Å²) in [6, 6.07) is 9.37. The van der Waals surface area contributed by atoms with Crippen LogP contribution in [0, 0.1) is 6.92 Å². The molecule has 1 unspecified atom stereocenters. The molecule has 1 aromatic heterocycles. The minimum absolute atomic E-state index is 0.352. The van der Waals surface area contributed by atoms with E-state index >= 15 is 0 Å². The van der Waals surface area contributed by atoms with Gasteiger partial charge in [-0.15, -0.1) is 0 Å². The summed E-state index contributed by atoms with van der Waals surface area (Å²) in [5.41, 5.74) is 5.28. The van der Waals surface area contributed by atoms with Crippen molar-refractivity contribution in [3.05, 3.63) is 52.8 Å². The van der Waals surface area contributed by atoms with Crippen LogP contribution in [0.2, 0.25) is 0 Å². The first-order chi connectivity index (χ1) is 10.1. The Labute approximate surface area is 128 Å². The molecule has 0 bridgehead atoms. The van der Waals surface area contributed by atoms with Crippen molar-refractivity contribution in [2.75, 3.05) is 0 Å². The predicted octanol–water partition coefficient (Wildman–Crippen LogP) is 3.92. The molecule has 1 heterocycles. The highest BCUT2D eigenvalue weighted by Crippen LogP contribution is 2.16. The van der Waals surface area contributed by atoms with Gasteiger partial charge in [0, 0.05) is 30.9 Å². The summed E-state index contributed by atoms with van der Waals surface area (Å²) in [6.07, 6.45) is 5.66. The number of benzene rings is 1. The summed E-state index contributed by atoms with van der Waals surface area (Å²) >= 11 is 0. The van der Waals surface area contributed by atoms with Gasteiger partial charge in [-0.05, 0) is 37.8 Å². The Morgan fingerprint density at radius 2 is 1.95 bits per heavy atom. The van der Waals surface area contributed by atoms with Gasteiger partial charge in [0.2, 0.25) is 0 Å². The molecule has 21 heavy (non-hydrogen) atoms. The van der Waals surface area contributed by atoms with Gasteiger partial charge in [-0.25, -0.2) is 0 Å². The molecule has 0 aliphatic rings. The molecule has 1 N–H and O–H groups in total. The summed E-state index contributed by atoms with van der Waals surface area (Å²) in [7, 11) is 1.98. The Bertz CT molecular complexity index is 554. The van der Waals surface area contributed by atoms with Crippen molar-refractivity contribution in [3.8, 4) is 0 Å². The van der Waals surface area contributed by atoms with E-state index in [-0.39, 0.29) is 0 Å². The van der Waals surface area contributed by atoms with Crippen LogP contribution in [0.25, 0.3) is 0 Å². The quantitative estimate of drug-likeness (QED) is 0.835. The van der Waals surface area contributed by atoms with Gasteiger partial charge >= 0.3 is 0 Å². The zero-order chi connectivity index (χ0) is 15.2. The van der Waals surface area contributed by atoms with Crippen LogP contribution >= 0.6 is 0 Å². The minimum Gasteiger partial charge on any atom is -0.306 e. The summed E-state index contributed by atoms with van der Waals surface area (Å²) in [4.78, 5) is 0. The van der Waals surface area contributed by atoms with Crippen molar-refractivity contribution in [1.82, 2.24) is 15.1 Å². The molecular weight excluding hydrogens is 258 g/mol. The first kappa shape index (κ1) is 15.8. The summed E-state index contributed by atoms with van der Waals surface area (Å²) in [6.45, 7) is 7.42. The minimum atomic E-state index is 0.352. The number of hydrogen-bond acceptors (Lipinski definition) is 2. The van der Waals surface area contributed by atoms with Crippen molar-refractivity contribution in [3.63, 3.8) is 0 Å².